The average Bonchev–Trinajstić information content (AvgIpc) is 2.74. The molecule has 0 radical (unpaired) electrons. The van der Waals surface area contributed by atoms with Crippen LogP contribution in [0.15, 0.2) is 24.3 Å². The van der Waals surface area contributed by atoms with E-state index in [2.05, 4.69) is 10.1 Å². The summed E-state index contributed by atoms with van der Waals surface area (Å²) in [6, 6.07) is 5.43. The highest BCUT2D eigenvalue weighted by molar-refractivity contribution is 7.18. The monoisotopic (exact) mass is 300 g/mol. The van der Waals surface area contributed by atoms with Crippen molar-refractivity contribution in [3.8, 4) is 0 Å². The normalized spacial score (nSPS) is 10.3. The lowest BCUT2D eigenvalue weighted by Gasteiger charge is -2.07. The van der Waals surface area contributed by atoms with Crippen molar-refractivity contribution in [2.45, 2.75) is 0 Å². The van der Waals surface area contributed by atoms with Crippen molar-refractivity contribution >= 4 is 45.3 Å². The summed E-state index contributed by atoms with van der Waals surface area (Å²) >= 11 is 7.05. The number of halogens is 2. The van der Waals surface area contributed by atoms with Crippen LogP contribution < -0.4 is 11.1 Å². The molecular formula is C12H10ClFN2O2S. The average molecular weight is 301 g/mol. The van der Waals surface area contributed by atoms with Crippen molar-refractivity contribution < 1.29 is 13.9 Å². The Bertz CT molecular complexity index is 630. The Kier molecular flexibility index (Phi) is 3.92. The molecule has 1 aromatic carbocycles. The Morgan fingerprint density at radius 1 is 1.47 bits per heavy atom. The van der Waals surface area contributed by atoms with Crippen LogP contribution in [-0.4, -0.2) is 13.1 Å². The number of hydrogen-bond acceptors (Lipinski definition) is 5. The smallest absolute Gasteiger partial charge is 0.348 e. The molecule has 19 heavy (non-hydrogen) atoms. The SMILES string of the molecule is COC(=O)c1cc(N)c(Nc2cc(F)ccc2Cl)s1. The zero-order chi connectivity index (χ0) is 14.0. The number of nitrogens with two attached hydrogens (primary N) is 1. The first-order valence-corrected chi connectivity index (χ1v) is 6.40. The molecule has 7 heteroatoms. The molecule has 1 aromatic heterocycles. The van der Waals surface area contributed by atoms with Gasteiger partial charge in [-0.15, -0.1) is 11.3 Å². The van der Waals surface area contributed by atoms with Gasteiger partial charge in [-0.2, -0.15) is 0 Å². The first-order valence-electron chi connectivity index (χ1n) is 5.21. The largest absolute Gasteiger partial charge is 0.465 e. The molecule has 0 unspecified atom stereocenters. The molecule has 0 aliphatic rings. The second kappa shape index (κ2) is 5.46. The van der Waals surface area contributed by atoms with E-state index < -0.39 is 11.8 Å². The van der Waals surface area contributed by atoms with Crippen molar-refractivity contribution in [3.05, 3.63) is 40.0 Å². The van der Waals surface area contributed by atoms with Crippen LogP contribution in [0, 0.1) is 5.82 Å². The zero-order valence-electron chi connectivity index (χ0n) is 9.87. The van der Waals surface area contributed by atoms with Gasteiger partial charge < -0.3 is 15.8 Å². The summed E-state index contributed by atoms with van der Waals surface area (Å²) < 4.78 is 17.7. The maximum absolute atomic E-state index is 13.1. The van der Waals surface area contributed by atoms with Crippen molar-refractivity contribution in [3.63, 3.8) is 0 Å². The molecule has 2 aromatic rings. The molecule has 3 N–H and O–H groups in total. The molecule has 0 spiro atoms. The predicted molar refractivity (Wildman–Crippen MR) is 74.8 cm³/mol. The van der Waals surface area contributed by atoms with E-state index in [1.165, 1.54) is 31.4 Å². The quantitative estimate of drug-likeness (QED) is 0.849. The summed E-state index contributed by atoms with van der Waals surface area (Å²) in [4.78, 5) is 11.7. The highest BCUT2D eigenvalue weighted by atomic mass is 35.5. The lowest BCUT2D eigenvalue weighted by atomic mass is 10.3. The van der Waals surface area contributed by atoms with Crippen LogP contribution in [0.1, 0.15) is 9.67 Å². The minimum atomic E-state index is -0.477. The molecule has 0 amide bonds. The van der Waals surface area contributed by atoms with Gasteiger partial charge in [-0.05, 0) is 24.3 Å². The molecule has 0 saturated carbocycles. The first kappa shape index (κ1) is 13.6. The van der Waals surface area contributed by atoms with Crippen LogP contribution in [0.5, 0.6) is 0 Å². The number of rotatable bonds is 3. The lowest BCUT2D eigenvalue weighted by molar-refractivity contribution is 0.0606. The lowest BCUT2D eigenvalue weighted by Crippen LogP contribution is -1.97. The molecule has 0 atom stereocenters. The van der Waals surface area contributed by atoms with E-state index >= 15 is 0 Å². The number of esters is 1. The fourth-order valence-corrected chi connectivity index (χ4v) is 2.49. The molecule has 0 aliphatic heterocycles. The van der Waals surface area contributed by atoms with Gasteiger partial charge in [0.25, 0.3) is 0 Å². The Morgan fingerprint density at radius 3 is 2.89 bits per heavy atom. The number of nitrogens with one attached hydrogen (secondary N) is 1. The van der Waals surface area contributed by atoms with Gasteiger partial charge in [0.05, 0.1) is 23.5 Å². The van der Waals surface area contributed by atoms with Gasteiger partial charge in [0.2, 0.25) is 0 Å². The third kappa shape index (κ3) is 2.97. The van der Waals surface area contributed by atoms with Crippen molar-refractivity contribution in [2.75, 3.05) is 18.2 Å². The van der Waals surface area contributed by atoms with Crippen LogP contribution in [0.4, 0.5) is 20.8 Å². The summed E-state index contributed by atoms with van der Waals surface area (Å²) in [5, 5.41) is 3.76. The summed E-state index contributed by atoms with van der Waals surface area (Å²) in [7, 11) is 1.29. The van der Waals surface area contributed by atoms with Crippen LogP contribution in [-0.2, 0) is 4.74 Å². The predicted octanol–water partition coefficient (Wildman–Crippen LogP) is 3.65. The Labute approximate surface area is 117 Å². The highest BCUT2D eigenvalue weighted by Crippen LogP contribution is 2.35. The van der Waals surface area contributed by atoms with E-state index in [0.717, 1.165) is 11.3 Å². The summed E-state index contributed by atoms with van der Waals surface area (Å²) in [5.74, 6) is -0.898. The second-order valence-corrected chi connectivity index (χ2v) is 5.10. The number of nitrogen functional groups attached to an aromatic ring is 1. The van der Waals surface area contributed by atoms with E-state index in [1.54, 1.807) is 0 Å². The Hall–Kier alpha value is -1.79. The van der Waals surface area contributed by atoms with E-state index in [0.29, 0.717) is 26.3 Å². The standard InChI is InChI=1S/C12H10ClFN2O2S/c1-18-12(17)10-5-8(15)11(19-10)16-9-4-6(14)2-3-7(9)13/h2-5,16H,15H2,1H3. The number of anilines is 3. The van der Waals surface area contributed by atoms with Gasteiger partial charge in [-0.3, -0.25) is 0 Å². The number of thiophene rings is 1. The Morgan fingerprint density at radius 2 is 2.21 bits per heavy atom. The van der Waals surface area contributed by atoms with E-state index in [9.17, 15) is 9.18 Å². The van der Waals surface area contributed by atoms with E-state index in [1.807, 2.05) is 0 Å². The molecule has 0 bridgehead atoms. The van der Waals surface area contributed by atoms with Gasteiger partial charge in [0, 0.05) is 0 Å². The molecule has 0 saturated heterocycles. The van der Waals surface area contributed by atoms with Gasteiger partial charge in [-0.1, -0.05) is 11.6 Å². The molecule has 0 fully saturated rings. The molecule has 0 aliphatic carbocycles. The topological polar surface area (TPSA) is 64.3 Å². The number of carbonyl (C=O) groups is 1. The summed E-state index contributed by atoms with van der Waals surface area (Å²) in [6.45, 7) is 0. The minimum Gasteiger partial charge on any atom is -0.465 e. The summed E-state index contributed by atoms with van der Waals surface area (Å²) in [6.07, 6.45) is 0. The van der Waals surface area contributed by atoms with Gasteiger partial charge in [-0.25, -0.2) is 9.18 Å². The maximum atomic E-state index is 13.1. The number of ether oxygens (including phenoxy) is 1. The van der Waals surface area contributed by atoms with Crippen LogP contribution in [0.3, 0.4) is 0 Å². The van der Waals surface area contributed by atoms with Gasteiger partial charge in [0.1, 0.15) is 15.7 Å². The van der Waals surface area contributed by atoms with Crippen LogP contribution in [0.2, 0.25) is 5.02 Å². The highest BCUT2D eigenvalue weighted by Gasteiger charge is 2.14. The van der Waals surface area contributed by atoms with E-state index in [4.69, 9.17) is 17.3 Å². The van der Waals surface area contributed by atoms with Crippen molar-refractivity contribution in [1.82, 2.24) is 0 Å². The van der Waals surface area contributed by atoms with E-state index in [-0.39, 0.29) is 0 Å². The molecule has 1 heterocycles. The molecule has 4 nitrogen and oxygen atoms in total. The zero-order valence-corrected chi connectivity index (χ0v) is 11.4. The maximum Gasteiger partial charge on any atom is 0.348 e. The van der Waals surface area contributed by atoms with Crippen molar-refractivity contribution in [2.24, 2.45) is 0 Å². The molecule has 100 valence electrons. The van der Waals surface area contributed by atoms with Crippen molar-refractivity contribution in [1.29, 1.82) is 0 Å². The molecular weight excluding hydrogens is 291 g/mol. The number of methoxy groups -OCH3 is 1. The number of benzene rings is 1. The third-order valence-electron chi connectivity index (χ3n) is 2.32. The van der Waals surface area contributed by atoms with Crippen LogP contribution >= 0.6 is 22.9 Å². The summed E-state index contributed by atoms with van der Waals surface area (Å²) in [5.41, 5.74) is 6.52. The van der Waals surface area contributed by atoms with Gasteiger partial charge >= 0.3 is 5.97 Å². The third-order valence-corrected chi connectivity index (χ3v) is 3.70. The fourth-order valence-electron chi connectivity index (χ4n) is 1.42. The minimum absolute atomic E-state index is 0.355. The first-order chi connectivity index (χ1) is 9.01. The van der Waals surface area contributed by atoms with Gasteiger partial charge in [0.15, 0.2) is 0 Å². The fraction of sp³-hybridized carbons (Fsp3) is 0.0833. The molecule has 2 rings (SSSR count). The number of hydrogen-bond donors (Lipinski definition) is 2. The van der Waals surface area contributed by atoms with Crippen LogP contribution in [0.25, 0.3) is 0 Å². The second-order valence-electron chi connectivity index (χ2n) is 3.64. The number of carbonyl (C=O) groups excluding carboxylic acids is 1. The Balaban J connectivity index is 2.30.